The Labute approximate surface area is 338 Å². The molecule has 1 saturated carbocycles. The van der Waals surface area contributed by atoms with Gasteiger partial charge in [0.1, 0.15) is 11.8 Å². The number of rotatable bonds is 6. The molecule has 5 heterocycles. The zero-order valence-electron chi connectivity index (χ0n) is 33.6. The number of aromatic amines is 1. The van der Waals surface area contributed by atoms with E-state index in [4.69, 9.17) is 4.74 Å². The average molecular weight is 779 g/mol. The molecule has 0 radical (unpaired) electrons. The minimum Gasteiger partial charge on any atom is -0.490 e. The molecule has 3 amide bonds. The Morgan fingerprint density at radius 3 is 2.43 bits per heavy atom. The fourth-order valence-electron chi connectivity index (χ4n) is 11.2. The smallest absolute Gasteiger partial charge is 0.255 e. The number of H-pyrrole nitrogens is 1. The first-order valence-electron chi connectivity index (χ1n) is 21.2. The van der Waals surface area contributed by atoms with Crippen molar-refractivity contribution in [2.75, 3.05) is 31.1 Å². The number of amides is 3. The normalized spacial score (nSPS) is 23.0. The number of nitrogens with one attached hydrogen (secondary N) is 2. The van der Waals surface area contributed by atoms with E-state index in [1.165, 1.54) is 11.3 Å². The number of nitrogens with zero attached hydrogens (tertiary/aromatic N) is 4. The molecule has 11 nitrogen and oxygen atoms in total. The summed E-state index contributed by atoms with van der Waals surface area (Å²) in [7, 11) is 0. The number of ketones is 1. The number of carbonyl (C=O) groups is 4. The van der Waals surface area contributed by atoms with Crippen LogP contribution in [0.1, 0.15) is 126 Å². The van der Waals surface area contributed by atoms with E-state index in [9.17, 15) is 24.4 Å². The van der Waals surface area contributed by atoms with Crippen LogP contribution in [0.15, 0.2) is 48.5 Å². The highest BCUT2D eigenvalue weighted by Crippen LogP contribution is 2.49. The van der Waals surface area contributed by atoms with Crippen molar-refractivity contribution in [1.29, 1.82) is 5.26 Å². The van der Waals surface area contributed by atoms with Crippen LogP contribution >= 0.6 is 0 Å². The lowest BCUT2D eigenvalue weighted by atomic mass is 9.67. The number of aryl methyl sites for hydroxylation is 1. The highest BCUT2D eigenvalue weighted by molar-refractivity contribution is 6.20. The number of nitriles is 1. The Bertz CT molecular complexity index is 2450. The van der Waals surface area contributed by atoms with Crippen molar-refractivity contribution in [3.63, 3.8) is 0 Å². The number of piperidine rings is 2. The molecule has 6 aliphatic rings. The van der Waals surface area contributed by atoms with Gasteiger partial charge in [0, 0.05) is 83.0 Å². The molecule has 58 heavy (non-hydrogen) atoms. The summed E-state index contributed by atoms with van der Waals surface area (Å²) in [4.78, 5) is 62.1. The number of likely N-dealkylation sites (tertiary alicyclic amines) is 1. The molecule has 0 bridgehead atoms. The topological polar surface area (TPSA) is 139 Å². The van der Waals surface area contributed by atoms with Gasteiger partial charge in [0.05, 0.1) is 29.8 Å². The Morgan fingerprint density at radius 2 is 1.71 bits per heavy atom. The highest BCUT2D eigenvalue weighted by atomic mass is 16.5. The van der Waals surface area contributed by atoms with Crippen LogP contribution in [0.3, 0.4) is 0 Å². The van der Waals surface area contributed by atoms with Gasteiger partial charge in [0.2, 0.25) is 11.8 Å². The van der Waals surface area contributed by atoms with Crippen LogP contribution in [0.25, 0.3) is 10.9 Å². The zero-order chi connectivity index (χ0) is 40.1. The summed E-state index contributed by atoms with van der Waals surface area (Å²) < 4.78 is 6.61. The molecule has 1 aromatic heterocycles. The summed E-state index contributed by atoms with van der Waals surface area (Å²) in [5, 5.41) is 12.8. The van der Waals surface area contributed by atoms with Crippen LogP contribution in [0.4, 0.5) is 5.69 Å². The number of hydrogen-bond acceptors (Lipinski definition) is 8. The molecule has 1 atom stereocenters. The van der Waals surface area contributed by atoms with Gasteiger partial charge >= 0.3 is 0 Å². The van der Waals surface area contributed by atoms with Crippen molar-refractivity contribution in [2.24, 2.45) is 5.41 Å². The number of hydrogen-bond donors (Lipinski definition) is 2. The molecule has 2 aliphatic carbocycles. The molecule has 10 rings (SSSR count). The lowest BCUT2D eigenvalue weighted by Crippen LogP contribution is -2.62. The summed E-state index contributed by atoms with van der Waals surface area (Å²) in [5.41, 5.74) is 8.78. The van der Waals surface area contributed by atoms with Gasteiger partial charge in [-0.25, -0.2) is 0 Å². The molecule has 298 valence electrons. The Balaban J connectivity index is 0.761. The van der Waals surface area contributed by atoms with Gasteiger partial charge in [-0.3, -0.25) is 29.4 Å². The van der Waals surface area contributed by atoms with Gasteiger partial charge in [-0.2, -0.15) is 5.26 Å². The molecular weight excluding hydrogens is 729 g/mol. The third-order valence-electron chi connectivity index (χ3n) is 14.5. The van der Waals surface area contributed by atoms with Gasteiger partial charge in [-0.1, -0.05) is 32.9 Å². The van der Waals surface area contributed by atoms with Crippen molar-refractivity contribution in [1.82, 2.24) is 20.1 Å². The molecule has 4 aliphatic heterocycles. The van der Waals surface area contributed by atoms with Crippen LogP contribution < -0.4 is 15.0 Å². The summed E-state index contributed by atoms with van der Waals surface area (Å²) in [6.45, 7) is 11.2. The first-order valence-corrected chi connectivity index (χ1v) is 21.2. The number of anilines is 1. The standard InChI is InChI=1S/C47H50N6O5/c1-4-28-21-33-35(46(2,3)43-41(42(33)55)32-9-8-27(23-48)20-36(32)49-43)22-38(28)51-18-14-29(15-19-51)52-25-47(26-52)16-12-30(13-17-47)58-39-7-5-6-31-34(39)24-53(45(31)57)37-10-11-40(54)50-44(37)56/h5-9,20-22,29-30,37,49H,4,10-19,24-26H2,1-3H3,(H,50,54,56). The third-order valence-corrected chi connectivity index (χ3v) is 14.5. The fourth-order valence-corrected chi connectivity index (χ4v) is 11.2. The molecule has 4 fully saturated rings. The second kappa shape index (κ2) is 13.6. The van der Waals surface area contributed by atoms with Gasteiger partial charge in [-0.15, -0.1) is 0 Å². The Hall–Kier alpha value is -5.47. The maximum Gasteiger partial charge on any atom is 0.255 e. The average Bonchev–Trinajstić information content (AvgIpc) is 3.78. The van der Waals surface area contributed by atoms with Crippen LogP contribution in [0, 0.1) is 16.7 Å². The van der Waals surface area contributed by atoms with Crippen molar-refractivity contribution in [3.05, 3.63) is 93.2 Å². The first-order chi connectivity index (χ1) is 28.0. The number of benzene rings is 3. The van der Waals surface area contributed by atoms with Gasteiger partial charge in [0.25, 0.3) is 5.91 Å². The van der Waals surface area contributed by atoms with Gasteiger partial charge in [0.15, 0.2) is 5.78 Å². The molecule has 1 spiro atoms. The number of fused-ring (bicyclic) bond motifs is 5. The number of ether oxygens (including phenoxy) is 1. The van der Waals surface area contributed by atoms with E-state index in [0.717, 1.165) is 116 Å². The van der Waals surface area contributed by atoms with Crippen LogP contribution in [0.5, 0.6) is 5.75 Å². The second-order valence-electron chi connectivity index (χ2n) is 18.2. The number of aromatic nitrogens is 1. The van der Waals surface area contributed by atoms with E-state index in [0.29, 0.717) is 35.5 Å². The maximum absolute atomic E-state index is 14.2. The predicted octanol–water partition coefficient (Wildman–Crippen LogP) is 6.53. The Morgan fingerprint density at radius 1 is 0.931 bits per heavy atom. The summed E-state index contributed by atoms with van der Waals surface area (Å²) in [5.74, 6) is -0.0592. The highest BCUT2D eigenvalue weighted by Gasteiger charge is 2.48. The Kier molecular flexibility index (Phi) is 8.61. The van der Waals surface area contributed by atoms with Crippen LogP contribution in [-0.2, 0) is 28.0 Å². The monoisotopic (exact) mass is 778 g/mol. The van der Waals surface area contributed by atoms with E-state index >= 15 is 0 Å². The summed E-state index contributed by atoms with van der Waals surface area (Å²) in [6, 6.07) is 17.8. The summed E-state index contributed by atoms with van der Waals surface area (Å²) >= 11 is 0. The first kappa shape index (κ1) is 36.8. The summed E-state index contributed by atoms with van der Waals surface area (Å²) in [6.07, 6.45) is 7.99. The maximum atomic E-state index is 14.2. The van der Waals surface area contributed by atoms with E-state index in [1.807, 2.05) is 30.3 Å². The molecule has 2 N–H and O–H groups in total. The second-order valence-corrected chi connectivity index (χ2v) is 18.2. The van der Waals surface area contributed by atoms with Crippen molar-refractivity contribution >= 4 is 40.1 Å². The predicted molar refractivity (Wildman–Crippen MR) is 219 cm³/mol. The third kappa shape index (κ3) is 5.77. The molecular formula is C47H50N6O5. The van der Waals surface area contributed by atoms with E-state index in [-0.39, 0.29) is 30.1 Å². The fraction of sp³-hybridized carbons (Fsp3) is 0.468. The molecule has 3 aromatic carbocycles. The molecule has 3 saturated heterocycles. The lowest BCUT2D eigenvalue weighted by Gasteiger charge is -2.57. The van der Waals surface area contributed by atoms with E-state index in [1.54, 1.807) is 11.0 Å². The van der Waals surface area contributed by atoms with Gasteiger partial charge < -0.3 is 19.5 Å². The van der Waals surface area contributed by atoms with E-state index in [2.05, 4.69) is 59.1 Å². The largest absolute Gasteiger partial charge is 0.490 e. The molecule has 4 aromatic rings. The van der Waals surface area contributed by atoms with Gasteiger partial charge in [-0.05, 0) is 104 Å². The molecule has 11 heteroatoms. The zero-order valence-corrected chi connectivity index (χ0v) is 33.6. The number of carbonyl (C=O) groups excluding carboxylic acids is 4. The van der Waals surface area contributed by atoms with Crippen molar-refractivity contribution in [3.8, 4) is 11.8 Å². The minimum absolute atomic E-state index is 0.0611. The minimum atomic E-state index is -0.636. The number of imide groups is 1. The lowest BCUT2D eigenvalue weighted by molar-refractivity contribution is -0.136. The van der Waals surface area contributed by atoms with E-state index < -0.39 is 17.4 Å². The van der Waals surface area contributed by atoms with Crippen molar-refractivity contribution in [2.45, 2.75) is 109 Å². The quantitative estimate of drug-likeness (QED) is 0.211. The van der Waals surface area contributed by atoms with Crippen LogP contribution in [0.2, 0.25) is 0 Å². The van der Waals surface area contributed by atoms with Crippen LogP contribution in [-0.4, -0.2) is 82.7 Å². The van der Waals surface area contributed by atoms with Crippen molar-refractivity contribution < 1.29 is 23.9 Å². The SMILES string of the molecule is CCc1cc2c(cc1N1CCC(N3CC4(CCC(Oc5cccc6c5CN(C5CCC(=O)NC5=O)C6=O)CC4)C3)CC1)C(C)(C)c1[nH]c3cc(C#N)ccc3c1C2=O. The molecule has 1 unspecified atom stereocenters.